The average Bonchev–Trinajstić information content (AvgIpc) is 2.22. The number of hydrogen-bond acceptors (Lipinski definition) is 2. The molecule has 80 valence electrons. The van der Waals surface area contributed by atoms with Crippen LogP contribution in [0.1, 0.15) is 13.8 Å². The Labute approximate surface area is 91.8 Å². The molecule has 1 rings (SSSR count). The highest BCUT2D eigenvalue weighted by atomic mass is 79.9. The van der Waals surface area contributed by atoms with Gasteiger partial charge < -0.3 is 9.84 Å². The van der Waals surface area contributed by atoms with Crippen molar-refractivity contribution < 1.29 is 14.2 Å². The first-order valence-electron chi connectivity index (χ1n) is 4.43. The van der Waals surface area contributed by atoms with Crippen LogP contribution < -0.4 is 4.74 Å². The number of halogens is 2. The summed E-state index contributed by atoms with van der Waals surface area (Å²) >= 11 is 3.19. The first kappa shape index (κ1) is 13.4. The molecule has 0 saturated heterocycles. The van der Waals surface area contributed by atoms with Crippen LogP contribution in [0.2, 0.25) is 0 Å². The number of ether oxygens (including phenoxy) is 1. The van der Waals surface area contributed by atoms with E-state index in [-0.39, 0.29) is 19.0 Å². The van der Waals surface area contributed by atoms with Crippen molar-refractivity contribution in [2.75, 3.05) is 13.2 Å². The molecule has 1 aromatic rings. The van der Waals surface area contributed by atoms with E-state index in [9.17, 15) is 4.39 Å². The highest BCUT2D eigenvalue weighted by Gasteiger charge is 2.01. The molecule has 0 unspecified atom stereocenters. The van der Waals surface area contributed by atoms with Crippen molar-refractivity contribution in [3.63, 3.8) is 0 Å². The molecule has 0 radical (unpaired) electrons. The predicted octanol–water partition coefficient (Wildman–Crippen LogP) is 2.99. The van der Waals surface area contributed by atoms with Crippen molar-refractivity contribution in [2.45, 2.75) is 13.8 Å². The Kier molecular flexibility index (Phi) is 7.42. The van der Waals surface area contributed by atoms with E-state index in [2.05, 4.69) is 15.9 Å². The third kappa shape index (κ3) is 4.58. The lowest BCUT2D eigenvalue weighted by Gasteiger charge is -2.05. The predicted molar refractivity (Wildman–Crippen MR) is 58.0 cm³/mol. The largest absolute Gasteiger partial charge is 0.490 e. The van der Waals surface area contributed by atoms with E-state index in [4.69, 9.17) is 9.84 Å². The van der Waals surface area contributed by atoms with Crippen molar-refractivity contribution in [3.8, 4) is 5.75 Å². The molecule has 4 heteroatoms. The smallest absolute Gasteiger partial charge is 0.136 e. The molecular weight excluding hydrogens is 251 g/mol. The summed E-state index contributed by atoms with van der Waals surface area (Å²) < 4.78 is 18.3. The lowest BCUT2D eigenvalue weighted by Crippen LogP contribution is -2.02. The molecule has 0 atom stereocenters. The zero-order valence-electron chi connectivity index (χ0n) is 8.26. The second-order valence-corrected chi connectivity index (χ2v) is 3.00. The van der Waals surface area contributed by atoms with Crippen LogP contribution in [0, 0.1) is 5.82 Å². The minimum Gasteiger partial charge on any atom is -0.490 e. The van der Waals surface area contributed by atoms with Crippen molar-refractivity contribution in [3.05, 3.63) is 28.5 Å². The highest BCUT2D eigenvalue weighted by molar-refractivity contribution is 9.10. The lowest BCUT2D eigenvalue weighted by molar-refractivity contribution is 0.200. The summed E-state index contributed by atoms with van der Waals surface area (Å²) in [4.78, 5) is 0. The summed E-state index contributed by atoms with van der Waals surface area (Å²) in [6, 6.07) is 4.15. The average molecular weight is 265 g/mol. The van der Waals surface area contributed by atoms with Gasteiger partial charge in [0.15, 0.2) is 0 Å². The van der Waals surface area contributed by atoms with Gasteiger partial charge in [-0.3, -0.25) is 0 Å². The van der Waals surface area contributed by atoms with Crippen LogP contribution in [-0.4, -0.2) is 18.3 Å². The van der Waals surface area contributed by atoms with Crippen LogP contribution in [0.5, 0.6) is 5.75 Å². The first-order valence-corrected chi connectivity index (χ1v) is 5.22. The minimum atomic E-state index is -0.355. The fraction of sp³-hybridized carbons (Fsp3) is 0.400. The summed E-state index contributed by atoms with van der Waals surface area (Å²) in [5, 5.41) is 8.45. The Bertz CT molecular complexity index is 266. The van der Waals surface area contributed by atoms with Crippen LogP contribution in [0.15, 0.2) is 22.7 Å². The van der Waals surface area contributed by atoms with E-state index in [0.29, 0.717) is 10.2 Å². The van der Waals surface area contributed by atoms with E-state index in [0.717, 1.165) is 0 Å². The van der Waals surface area contributed by atoms with E-state index < -0.39 is 0 Å². The molecule has 1 N–H and O–H groups in total. The fourth-order valence-electron chi connectivity index (χ4n) is 0.743. The zero-order chi connectivity index (χ0) is 11.0. The minimum absolute atomic E-state index is 0.0804. The van der Waals surface area contributed by atoms with Gasteiger partial charge in [-0.2, -0.15) is 0 Å². The van der Waals surface area contributed by atoms with Gasteiger partial charge in [-0.25, -0.2) is 4.39 Å². The number of aliphatic hydroxyl groups excluding tert-OH is 1. The van der Waals surface area contributed by atoms with Gasteiger partial charge in [0.25, 0.3) is 0 Å². The second kappa shape index (κ2) is 7.76. The van der Waals surface area contributed by atoms with Gasteiger partial charge in [0, 0.05) is 6.07 Å². The van der Waals surface area contributed by atoms with Crippen LogP contribution in [-0.2, 0) is 0 Å². The SMILES string of the molecule is CC.OCCOc1cc(F)ccc1Br. The topological polar surface area (TPSA) is 29.5 Å². The van der Waals surface area contributed by atoms with Crippen molar-refractivity contribution >= 4 is 15.9 Å². The summed E-state index contributed by atoms with van der Waals surface area (Å²) in [6.45, 7) is 4.09. The van der Waals surface area contributed by atoms with Gasteiger partial charge in [-0.1, -0.05) is 13.8 Å². The molecular formula is C10H14BrFO2. The molecule has 0 aliphatic carbocycles. The van der Waals surface area contributed by atoms with E-state index in [1.807, 2.05) is 13.8 Å². The molecule has 0 aliphatic heterocycles. The number of aliphatic hydroxyl groups is 1. The molecule has 1 aromatic carbocycles. The Morgan fingerprint density at radius 1 is 1.43 bits per heavy atom. The molecule has 0 spiro atoms. The van der Waals surface area contributed by atoms with Crippen LogP contribution >= 0.6 is 15.9 Å². The monoisotopic (exact) mass is 264 g/mol. The Balaban J connectivity index is 0.000000791. The molecule has 0 bridgehead atoms. The molecule has 2 nitrogen and oxygen atoms in total. The van der Waals surface area contributed by atoms with E-state index in [1.165, 1.54) is 12.1 Å². The van der Waals surface area contributed by atoms with Gasteiger partial charge in [0.2, 0.25) is 0 Å². The number of hydrogen-bond donors (Lipinski definition) is 1. The van der Waals surface area contributed by atoms with Gasteiger partial charge >= 0.3 is 0 Å². The van der Waals surface area contributed by atoms with Crippen LogP contribution in [0.25, 0.3) is 0 Å². The summed E-state index contributed by atoms with van der Waals surface area (Å²) in [5.41, 5.74) is 0. The molecule has 0 saturated carbocycles. The quantitative estimate of drug-likeness (QED) is 0.910. The maximum atomic E-state index is 12.6. The van der Waals surface area contributed by atoms with Crippen LogP contribution in [0.4, 0.5) is 4.39 Å². The third-order valence-electron chi connectivity index (χ3n) is 1.24. The van der Waals surface area contributed by atoms with Gasteiger partial charge in [0.1, 0.15) is 18.2 Å². The molecule has 0 heterocycles. The standard InChI is InChI=1S/C8H8BrFO2.C2H6/c9-7-2-1-6(10)5-8(7)12-4-3-11;1-2/h1-2,5,11H,3-4H2;1-2H3. The second-order valence-electron chi connectivity index (χ2n) is 2.15. The molecule has 0 aliphatic rings. The first-order chi connectivity index (χ1) is 6.74. The Morgan fingerprint density at radius 3 is 2.64 bits per heavy atom. The van der Waals surface area contributed by atoms with Crippen molar-refractivity contribution in [2.24, 2.45) is 0 Å². The highest BCUT2D eigenvalue weighted by Crippen LogP contribution is 2.25. The maximum absolute atomic E-state index is 12.6. The Morgan fingerprint density at radius 2 is 2.07 bits per heavy atom. The summed E-state index contributed by atoms with van der Waals surface area (Å²) in [6.07, 6.45) is 0. The lowest BCUT2D eigenvalue weighted by atomic mass is 10.3. The molecule has 14 heavy (non-hydrogen) atoms. The fourth-order valence-corrected chi connectivity index (χ4v) is 1.10. The van der Waals surface area contributed by atoms with E-state index >= 15 is 0 Å². The summed E-state index contributed by atoms with van der Waals surface area (Å²) in [7, 11) is 0. The molecule has 0 fully saturated rings. The van der Waals surface area contributed by atoms with Gasteiger partial charge in [-0.05, 0) is 28.1 Å². The third-order valence-corrected chi connectivity index (χ3v) is 1.90. The normalized spacial score (nSPS) is 8.93. The van der Waals surface area contributed by atoms with Crippen LogP contribution in [0.3, 0.4) is 0 Å². The maximum Gasteiger partial charge on any atom is 0.136 e. The Hall–Kier alpha value is -0.610. The number of rotatable bonds is 3. The van der Waals surface area contributed by atoms with E-state index in [1.54, 1.807) is 6.07 Å². The summed E-state index contributed by atoms with van der Waals surface area (Å²) in [5.74, 6) is 0.0511. The van der Waals surface area contributed by atoms with Crippen molar-refractivity contribution in [1.82, 2.24) is 0 Å². The van der Waals surface area contributed by atoms with Crippen molar-refractivity contribution in [1.29, 1.82) is 0 Å². The van der Waals surface area contributed by atoms with Gasteiger partial charge in [0.05, 0.1) is 11.1 Å². The molecule has 0 amide bonds. The van der Waals surface area contributed by atoms with Gasteiger partial charge in [-0.15, -0.1) is 0 Å². The number of benzene rings is 1. The zero-order valence-corrected chi connectivity index (χ0v) is 9.84. The molecule has 0 aromatic heterocycles.